The number of guanidine groups is 2. The number of benzene rings is 2. The molecular formula is C27H30F6N8O2. The van der Waals surface area contributed by atoms with Crippen molar-refractivity contribution in [3.63, 3.8) is 0 Å². The van der Waals surface area contributed by atoms with E-state index in [0.29, 0.717) is 11.3 Å². The molecule has 1 amide bonds. The summed E-state index contributed by atoms with van der Waals surface area (Å²) in [6, 6.07) is 11.2. The molecule has 0 atom stereocenters. The fourth-order valence-corrected chi connectivity index (χ4v) is 3.39. The summed E-state index contributed by atoms with van der Waals surface area (Å²) in [7, 11) is 1.46. The normalized spacial score (nSPS) is 13.3. The number of nitrogens with one attached hydrogen (secondary N) is 3. The Hall–Kier alpha value is -4.99. The first-order chi connectivity index (χ1) is 20.2. The monoisotopic (exact) mass is 612 g/mol. The molecule has 0 saturated carbocycles. The lowest BCUT2D eigenvalue weighted by atomic mass is 10.1. The SMILES string of the molecule is C=CC(=C/CN(Cc1ccc(C(=O)N/C(=N/N)NN)cc1)C(=NC)Nc1ccc(OC(F)(F)F)cc1)/C=C(\C)C(F)(F)F. The summed E-state index contributed by atoms with van der Waals surface area (Å²) in [6.45, 7) is 4.71. The number of alkyl halides is 6. The molecule has 0 aromatic heterocycles. The Balaban J connectivity index is 2.36. The average molecular weight is 613 g/mol. The van der Waals surface area contributed by atoms with E-state index in [1.807, 2.05) is 0 Å². The van der Waals surface area contributed by atoms with Gasteiger partial charge >= 0.3 is 12.5 Å². The first-order valence-corrected chi connectivity index (χ1v) is 12.3. The molecule has 2 aromatic carbocycles. The van der Waals surface area contributed by atoms with Crippen molar-refractivity contribution < 1.29 is 35.9 Å². The summed E-state index contributed by atoms with van der Waals surface area (Å²) >= 11 is 0. The van der Waals surface area contributed by atoms with Crippen molar-refractivity contribution >= 4 is 23.5 Å². The molecule has 16 heteroatoms. The summed E-state index contributed by atoms with van der Waals surface area (Å²) in [5.74, 6) is 9.42. The molecule has 0 fully saturated rings. The fourth-order valence-electron chi connectivity index (χ4n) is 3.39. The van der Waals surface area contributed by atoms with Crippen molar-refractivity contribution in [1.82, 2.24) is 15.6 Å². The van der Waals surface area contributed by atoms with Crippen molar-refractivity contribution in [1.29, 1.82) is 0 Å². The van der Waals surface area contributed by atoms with Crippen LogP contribution in [0.4, 0.5) is 32.0 Å². The molecule has 0 bridgehead atoms. The molecule has 0 radical (unpaired) electrons. The van der Waals surface area contributed by atoms with Gasteiger partial charge in [-0.15, -0.1) is 18.3 Å². The van der Waals surface area contributed by atoms with Gasteiger partial charge in [0.25, 0.3) is 5.91 Å². The van der Waals surface area contributed by atoms with Crippen LogP contribution < -0.4 is 32.5 Å². The van der Waals surface area contributed by atoms with E-state index in [0.717, 1.165) is 25.1 Å². The molecule has 0 aliphatic rings. The Morgan fingerprint density at radius 3 is 2.19 bits per heavy atom. The Morgan fingerprint density at radius 2 is 1.70 bits per heavy atom. The molecule has 2 aromatic rings. The number of allylic oxidation sites excluding steroid dienone is 4. The maximum Gasteiger partial charge on any atom is 0.573 e. The Bertz CT molecular complexity index is 1370. The minimum absolute atomic E-state index is 0.0403. The fraction of sp³-hybridized carbons (Fsp3) is 0.222. The molecule has 232 valence electrons. The first kappa shape index (κ1) is 34.2. The number of aliphatic imine (C=N–C) groups is 1. The van der Waals surface area contributed by atoms with Gasteiger partial charge < -0.3 is 20.8 Å². The predicted octanol–water partition coefficient (Wildman–Crippen LogP) is 4.53. The summed E-state index contributed by atoms with van der Waals surface area (Å²) < 4.78 is 80.7. The van der Waals surface area contributed by atoms with Crippen LogP contribution in [0, 0.1) is 0 Å². The van der Waals surface area contributed by atoms with Crippen LogP contribution in [0.25, 0.3) is 0 Å². The van der Waals surface area contributed by atoms with Crippen molar-refractivity contribution in [2.75, 3.05) is 18.9 Å². The van der Waals surface area contributed by atoms with E-state index in [2.05, 4.69) is 37.5 Å². The second-order valence-corrected chi connectivity index (χ2v) is 8.63. The molecule has 0 aliphatic heterocycles. The van der Waals surface area contributed by atoms with Crippen molar-refractivity contribution in [3.8, 4) is 5.75 Å². The van der Waals surface area contributed by atoms with Crippen molar-refractivity contribution in [2.24, 2.45) is 21.8 Å². The van der Waals surface area contributed by atoms with E-state index in [1.165, 1.54) is 43.5 Å². The molecule has 0 aliphatic carbocycles. The highest BCUT2D eigenvalue weighted by Crippen LogP contribution is 2.26. The van der Waals surface area contributed by atoms with E-state index < -0.39 is 29.8 Å². The quantitative estimate of drug-likeness (QED) is 0.0700. The van der Waals surface area contributed by atoms with Crippen LogP contribution in [0.15, 0.2) is 94.6 Å². The van der Waals surface area contributed by atoms with Gasteiger partial charge in [-0.3, -0.25) is 20.5 Å². The number of ether oxygens (including phenoxy) is 1. The Labute approximate surface area is 243 Å². The van der Waals surface area contributed by atoms with Gasteiger partial charge in [-0.25, -0.2) is 5.84 Å². The number of nitrogens with two attached hydrogens (primary N) is 2. The van der Waals surface area contributed by atoms with Crippen LogP contribution in [-0.2, 0) is 6.54 Å². The maximum atomic E-state index is 13.1. The molecule has 2 rings (SSSR count). The second kappa shape index (κ2) is 15.3. The number of amides is 1. The van der Waals surface area contributed by atoms with Crippen LogP contribution in [0.2, 0.25) is 0 Å². The number of halogens is 6. The molecule has 0 saturated heterocycles. The molecule has 0 spiro atoms. The van der Waals surface area contributed by atoms with Gasteiger partial charge in [0, 0.05) is 37.0 Å². The Morgan fingerprint density at radius 1 is 1.07 bits per heavy atom. The van der Waals surface area contributed by atoms with Crippen LogP contribution in [-0.4, -0.2) is 48.9 Å². The number of hydrogen-bond acceptors (Lipinski definition) is 6. The van der Waals surface area contributed by atoms with E-state index in [9.17, 15) is 31.1 Å². The number of nitrogens with zero attached hydrogens (tertiary/aromatic N) is 3. The number of anilines is 1. The lowest BCUT2D eigenvalue weighted by Gasteiger charge is -2.26. The molecule has 0 unspecified atom stereocenters. The summed E-state index contributed by atoms with van der Waals surface area (Å²) in [6.07, 6.45) is -5.65. The topological polar surface area (TPSA) is 142 Å². The van der Waals surface area contributed by atoms with Gasteiger partial charge in [0.05, 0.1) is 0 Å². The second-order valence-electron chi connectivity index (χ2n) is 8.63. The number of hydrazine groups is 1. The third kappa shape index (κ3) is 11.4. The summed E-state index contributed by atoms with van der Waals surface area (Å²) in [5.41, 5.74) is 2.77. The molecule has 10 nitrogen and oxygen atoms in total. The zero-order valence-electron chi connectivity index (χ0n) is 23.1. The highest BCUT2D eigenvalue weighted by Gasteiger charge is 2.31. The number of hydrazone groups is 1. The van der Waals surface area contributed by atoms with Crippen molar-refractivity contribution in [2.45, 2.75) is 26.0 Å². The zero-order chi connectivity index (χ0) is 32.2. The minimum Gasteiger partial charge on any atom is -0.406 e. The summed E-state index contributed by atoms with van der Waals surface area (Å²) in [5, 5.41) is 8.63. The Kier molecular flexibility index (Phi) is 12.2. The van der Waals surface area contributed by atoms with Crippen LogP contribution >= 0.6 is 0 Å². The number of hydrogen-bond donors (Lipinski definition) is 5. The predicted molar refractivity (Wildman–Crippen MR) is 151 cm³/mol. The summed E-state index contributed by atoms with van der Waals surface area (Å²) in [4.78, 5) is 18.3. The minimum atomic E-state index is -4.85. The first-order valence-electron chi connectivity index (χ1n) is 12.3. The average Bonchev–Trinajstić information content (AvgIpc) is 2.95. The largest absolute Gasteiger partial charge is 0.573 e. The van der Waals surface area contributed by atoms with Gasteiger partial charge in [-0.2, -0.15) is 13.2 Å². The number of carbonyl (C=O) groups excluding carboxylic acids is 1. The van der Waals surface area contributed by atoms with Gasteiger partial charge in [0.1, 0.15) is 5.75 Å². The highest BCUT2D eigenvalue weighted by molar-refractivity contribution is 6.05. The lowest BCUT2D eigenvalue weighted by molar-refractivity contribution is -0.274. The van der Waals surface area contributed by atoms with E-state index in [1.54, 1.807) is 17.0 Å². The van der Waals surface area contributed by atoms with Crippen LogP contribution in [0.5, 0.6) is 5.75 Å². The van der Waals surface area contributed by atoms with Crippen molar-refractivity contribution in [3.05, 3.63) is 95.6 Å². The van der Waals surface area contributed by atoms with E-state index in [4.69, 9.17) is 11.7 Å². The number of rotatable bonds is 9. The molecule has 7 N–H and O–H groups in total. The third-order valence-electron chi connectivity index (χ3n) is 5.56. The van der Waals surface area contributed by atoms with Gasteiger partial charge in [0.15, 0.2) is 5.96 Å². The molecule has 43 heavy (non-hydrogen) atoms. The zero-order valence-corrected chi connectivity index (χ0v) is 23.1. The highest BCUT2D eigenvalue weighted by atomic mass is 19.4. The van der Waals surface area contributed by atoms with Gasteiger partial charge in [-0.05, 0) is 60.5 Å². The number of carbonyl (C=O) groups is 1. The van der Waals surface area contributed by atoms with E-state index >= 15 is 0 Å². The maximum absolute atomic E-state index is 13.1. The molecular weight excluding hydrogens is 582 g/mol. The van der Waals surface area contributed by atoms with Gasteiger partial charge in [0.2, 0.25) is 5.96 Å². The lowest BCUT2D eigenvalue weighted by Crippen LogP contribution is -2.45. The molecule has 0 heterocycles. The van der Waals surface area contributed by atoms with Crippen LogP contribution in [0.1, 0.15) is 22.8 Å². The van der Waals surface area contributed by atoms with E-state index in [-0.39, 0.29) is 36.1 Å². The third-order valence-corrected chi connectivity index (χ3v) is 5.56. The smallest absolute Gasteiger partial charge is 0.406 e. The van der Waals surface area contributed by atoms with Crippen LogP contribution in [0.3, 0.4) is 0 Å². The standard InChI is InChI=1S/C27H30F6N8O2/c1-4-18(15-17(2)26(28,29)30)13-14-41(16-19-5-7-20(8-6-19)23(42)38-24(39-34)40-35)25(36-3)37-21-9-11-22(12-10-21)43-27(31,32)33/h4-13,15H,1,14,16,34-35H2,2-3H3,(H,36,37)(H2,38,39,40,42)/b17-15+,18-13-. The van der Waals surface area contributed by atoms with Gasteiger partial charge in [-0.1, -0.05) is 30.9 Å².